The molecule has 0 bridgehead atoms. The van der Waals surface area contributed by atoms with Crippen LogP contribution in [-0.4, -0.2) is 43.9 Å². The molecule has 0 fully saturated rings. The third-order valence-electron chi connectivity index (χ3n) is 3.62. The van der Waals surface area contributed by atoms with Gasteiger partial charge in [-0.1, -0.05) is 30.3 Å². The van der Waals surface area contributed by atoms with Crippen LogP contribution in [0.25, 0.3) is 0 Å². The molecule has 1 aromatic heterocycles. The number of benzene rings is 1. The quantitative estimate of drug-likeness (QED) is 0.762. The van der Waals surface area contributed by atoms with Crippen molar-refractivity contribution in [1.82, 2.24) is 10.2 Å². The highest BCUT2D eigenvalue weighted by Crippen LogP contribution is 2.18. The van der Waals surface area contributed by atoms with Crippen molar-refractivity contribution in [2.24, 2.45) is 0 Å². The molecule has 0 radical (unpaired) electrons. The van der Waals surface area contributed by atoms with Gasteiger partial charge in [0.25, 0.3) is 5.91 Å². The van der Waals surface area contributed by atoms with Crippen LogP contribution >= 0.6 is 0 Å². The normalized spacial score (nSPS) is 11.7. The van der Waals surface area contributed by atoms with Gasteiger partial charge >= 0.3 is 0 Å². The summed E-state index contributed by atoms with van der Waals surface area (Å²) in [5.74, 6) is 0.491. The van der Waals surface area contributed by atoms with Crippen molar-refractivity contribution in [1.29, 1.82) is 0 Å². The molecule has 23 heavy (non-hydrogen) atoms. The van der Waals surface area contributed by atoms with Crippen molar-refractivity contribution in [3.8, 4) is 0 Å². The van der Waals surface area contributed by atoms with Gasteiger partial charge in [-0.05, 0) is 12.1 Å². The van der Waals surface area contributed by atoms with E-state index in [4.69, 9.17) is 4.42 Å². The largest absolute Gasteiger partial charge is 0.463 e. The van der Waals surface area contributed by atoms with Gasteiger partial charge in [-0.25, -0.2) is 0 Å². The van der Waals surface area contributed by atoms with Crippen molar-refractivity contribution in [2.75, 3.05) is 27.2 Å². The second kappa shape index (κ2) is 8.14. The lowest BCUT2D eigenvalue weighted by Gasteiger charge is -2.18. The molecule has 3 N–H and O–H groups in total. The van der Waals surface area contributed by atoms with E-state index < -0.39 is 0 Å². The highest BCUT2D eigenvalue weighted by atomic mass is 16.3. The first kappa shape index (κ1) is 16.8. The molecule has 122 valence electrons. The molecule has 1 atom stereocenters. The van der Waals surface area contributed by atoms with Crippen molar-refractivity contribution < 1.29 is 19.3 Å². The molecule has 0 unspecified atom stereocenters. The van der Waals surface area contributed by atoms with Gasteiger partial charge in [0, 0.05) is 19.7 Å². The number of furan rings is 1. The molecule has 6 heteroatoms. The molecule has 0 aliphatic heterocycles. The van der Waals surface area contributed by atoms with Crippen molar-refractivity contribution in [2.45, 2.75) is 6.04 Å². The number of rotatable bonds is 7. The number of hydrogen-bond acceptors (Lipinski definition) is 3. The molecule has 0 saturated carbocycles. The van der Waals surface area contributed by atoms with E-state index in [1.54, 1.807) is 20.4 Å². The zero-order valence-corrected chi connectivity index (χ0v) is 13.4. The van der Waals surface area contributed by atoms with Crippen LogP contribution < -0.4 is 10.6 Å². The topological polar surface area (TPSA) is 79.2 Å². The van der Waals surface area contributed by atoms with Gasteiger partial charge in [-0.3, -0.25) is 9.59 Å². The Bertz CT molecular complexity index is 626. The SMILES string of the molecule is CNC(=O)CN(C)C(=O)C[NH2+][C@@H](c1ccccc1)c1ccco1. The third-order valence-corrected chi connectivity index (χ3v) is 3.62. The summed E-state index contributed by atoms with van der Waals surface area (Å²) in [5.41, 5.74) is 1.06. The second-order valence-corrected chi connectivity index (χ2v) is 5.27. The Morgan fingerprint density at radius 2 is 1.96 bits per heavy atom. The molecule has 0 aliphatic rings. The monoisotopic (exact) mass is 316 g/mol. The van der Waals surface area contributed by atoms with E-state index in [9.17, 15) is 9.59 Å². The summed E-state index contributed by atoms with van der Waals surface area (Å²) >= 11 is 0. The molecule has 1 heterocycles. The van der Waals surface area contributed by atoms with Gasteiger partial charge in [0.2, 0.25) is 5.91 Å². The standard InChI is InChI=1S/C17H21N3O3/c1-18-15(21)12-20(2)16(22)11-19-17(14-9-6-10-23-14)13-7-4-3-5-8-13/h3-10,17,19H,11-12H2,1-2H3,(H,18,21)/p+1/t17-/m0/s1. The van der Waals surface area contributed by atoms with Crippen LogP contribution in [0.2, 0.25) is 0 Å². The molecule has 0 spiro atoms. The van der Waals surface area contributed by atoms with Gasteiger partial charge < -0.3 is 20.0 Å². The Balaban J connectivity index is 2.02. The van der Waals surface area contributed by atoms with Crippen molar-refractivity contribution >= 4 is 11.8 Å². The maximum absolute atomic E-state index is 12.2. The average molecular weight is 316 g/mol. The van der Waals surface area contributed by atoms with Crippen LogP contribution in [0.15, 0.2) is 53.1 Å². The number of carbonyl (C=O) groups excluding carboxylic acids is 2. The number of amides is 2. The smallest absolute Gasteiger partial charge is 0.277 e. The molecule has 2 amide bonds. The lowest BCUT2D eigenvalue weighted by Crippen LogP contribution is -2.87. The predicted octanol–water partition coefficient (Wildman–Crippen LogP) is 0.137. The van der Waals surface area contributed by atoms with Gasteiger partial charge in [0.1, 0.15) is 0 Å². The number of carbonyl (C=O) groups is 2. The molecule has 1 aromatic carbocycles. The van der Waals surface area contributed by atoms with E-state index in [1.165, 1.54) is 4.90 Å². The van der Waals surface area contributed by atoms with Gasteiger partial charge in [-0.15, -0.1) is 0 Å². The Morgan fingerprint density at radius 1 is 1.22 bits per heavy atom. The fourth-order valence-corrected chi connectivity index (χ4v) is 2.30. The summed E-state index contributed by atoms with van der Waals surface area (Å²) in [4.78, 5) is 24.9. The fourth-order valence-electron chi connectivity index (χ4n) is 2.30. The number of quaternary nitrogens is 1. The maximum atomic E-state index is 12.2. The summed E-state index contributed by atoms with van der Waals surface area (Å²) < 4.78 is 5.50. The summed E-state index contributed by atoms with van der Waals surface area (Å²) in [6.45, 7) is 0.285. The van der Waals surface area contributed by atoms with Crippen LogP contribution in [0.1, 0.15) is 17.4 Å². The Morgan fingerprint density at radius 3 is 2.57 bits per heavy atom. The third kappa shape index (κ3) is 4.69. The van der Waals surface area contributed by atoms with E-state index in [-0.39, 0.29) is 30.9 Å². The zero-order valence-electron chi connectivity index (χ0n) is 13.4. The number of hydrogen-bond donors (Lipinski definition) is 2. The van der Waals surface area contributed by atoms with Crippen LogP contribution in [0.4, 0.5) is 0 Å². The molecular weight excluding hydrogens is 294 g/mol. The predicted molar refractivity (Wildman–Crippen MR) is 85.5 cm³/mol. The first-order valence-electron chi connectivity index (χ1n) is 7.48. The average Bonchev–Trinajstić information content (AvgIpc) is 3.10. The van der Waals surface area contributed by atoms with E-state index in [0.29, 0.717) is 0 Å². The van der Waals surface area contributed by atoms with E-state index in [0.717, 1.165) is 11.3 Å². The summed E-state index contributed by atoms with van der Waals surface area (Å²) in [6.07, 6.45) is 1.62. The molecule has 6 nitrogen and oxygen atoms in total. The van der Waals surface area contributed by atoms with E-state index >= 15 is 0 Å². The van der Waals surface area contributed by atoms with E-state index in [2.05, 4.69) is 5.32 Å². The highest BCUT2D eigenvalue weighted by Gasteiger charge is 2.22. The first-order chi connectivity index (χ1) is 11.1. The highest BCUT2D eigenvalue weighted by molar-refractivity contribution is 5.84. The Kier molecular flexibility index (Phi) is 5.94. The maximum Gasteiger partial charge on any atom is 0.277 e. The molecule has 2 rings (SSSR count). The summed E-state index contributed by atoms with van der Waals surface area (Å²) in [6, 6.07) is 13.5. The lowest BCUT2D eigenvalue weighted by molar-refractivity contribution is -0.679. The van der Waals surface area contributed by atoms with Gasteiger partial charge in [0.05, 0.1) is 12.8 Å². The first-order valence-corrected chi connectivity index (χ1v) is 7.48. The minimum atomic E-state index is -0.188. The lowest BCUT2D eigenvalue weighted by atomic mass is 10.0. The van der Waals surface area contributed by atoms with Crippen LogP contribution in [0.3, 0.4) is 0 Å². The van der Waals surface area contributed by atoms with Crippen molar-refractivity contribution in [3.05, 3.63) is 60.1 Å². The van der Waals surface area contributed by atoms with Gasteiger partial charge in [0.15, 0.2) is 18.3 Å². The molecule has 2 aromatic rings. The second-order valence-electron chi connectivity index (χ2n) is 5.27. The minimum Gasteiger partial charge on any atom is -0.463 e. The van der Waals surface area contributed by atoms with Crippen LogP contribution in [0, 0.1) is 0 Å². The molecule has 0 saturated heterocycles. The van der Waals surface area contributed by atoms with Gasteiger partial charge in [-0.2, -0.15) is 0 Å². The van der Waals surface area contributed by atoms with Crippen LogP contribution in [-0.2, 0) is 9.59 Å². The molecule has 0 aliphatic carbocycles. The number of likely N-dealkylation sites (N-methyl/N-ethyl adjacent to an activating group) is 2. The minimum absolute atomic E-state index is 0.0555. The number of nitrogens with zero attached hydrogens (tertiary/aromatic N) is 1. The summed E-state index contributed by atoms with van der Waals surface area (Å²) in [7, 11) is 3.17. The van der Waals surface area contributed by atoms with Crippen LogP contribution in [0.5, 0.6) is 0 Å². The zero-order chi connectivity index (χ0) is 16.7. The summed E-state index contributed by atoms with van der Waals surface area (Å²) in [5, 5.41) is 4.42. The van der Waals surface area contributed by atoms with E-state index in [1.807, 2.05) is 47.8 Å². The Labute approximate surface area is 135 Å². The van der Waals surface area contributed by atoms with Crippen molar-refractivity contribution in [3.63, 3.8) is 0 Å². The fraction of sp³-hybridized carbons (Fsp3) is 0.294. The number of nitrogens with two attached hydrogens (primary N) is 1. The molecular formula is C17H22N3O3+. The number of nitrogens with one attached hydrogen (secondary N) is 1. The Hall–Kier alpha value is -2.60.